The molecule has 7 heterocycles. The zero-order valence-electron chi connectivity index (χ0n) is 39.0. The first-order valence-electron chi connectivity index (χ1n) is 23.1. The Kier molecular flexibility index (Phi) is 13.4. The third-order valence-electron chi connectivity index (χ3n) is 12.8. The van der Waals surface area contributed by atoms with Crippen LogP contribution in [0.1, 0.15) is 68.4 Å². The SMILES string of the molecule is CCCn1c(=O)c2[nH]c(-c3cnn(CC4CC(=O)N(c5cccc(C(F)(F)F)c5)C4)c3)nc2n(CCN2C(=O)c3ccccc3C2=O)c1=O.O=C(O)c1cnn(CC2CC(=O)N(c3cccc(C(F)(F)F)c3)C2)c1. The van der Waals surface area contributed by atoms with E-state index in [0.29, 0.717) is 18.5 Å². The number of imidazole rings is 1. The van der Waals surface area contributed by atoms with E-state index in [1.165, 1.54) is 61.9 Å². The van der Waals surface area contributed by atoms with Crippen LogP contribution in [0.25, 0.3) is 22.6 Å². The topological polar surface area (TPSA) is 224 Å². The number of hydrogen-bond acceptors (Lipinski definition) is 10. The van der Waals surface area contributed by atoms with Gasteiger partial charge >= 0.3 is 24.0 Å². The number of carbonyl (C=O) groups is 5. The zero-order valence-corrected chi connectivity index (χ0v) is 39.0. The summed E-state index contributed by atoms with van der Waals surface area (Å²) in [6, 6.07) is 15.8. The van der Waals surface area contributed by atoms with E-state index in [4.69, 9.17) is 5.11 Å². The van der Waals surface area contributed by atoms with E-state index in [2.05, 4.69) is 20.2 Å². The molecule has 3 aliphatic rings. The summed E-state index contributed by atoms with van der Waals surface area (Å²) < 4.78 is 83.5. The fourth-order valence-corrected chi connectivity index (χ4v) is 9.26. The first-order valence-corrected chi connectivity index (χ1v) is 23.1. The summed E-state index contributed by atoms with van der Waals surface area (Å²) >= 11 is 0. The van der Waals surface area contributed by atoms with Crippen LogP contribution < -0.4 is 21.0 Å². The van der Waals surface area contributed by atoms with Crippen LogP contribution in [0.4, 0.5) is 37.7 Å². The lowest BCUT2D eigenvalue weighted by atomic mass is 10.1. The Balaban J connectivity index is 0.000000226. The third-order valence-corrected chi connectivity index (χ3v) is 12.8. The minimum absolute atomic E-state index is 0.0408. The number of fused-ring (bicyclic) bond motifs is 2. The highest BCUT2D eigenvalue weighted by Gasteiger charge is 2.38. The second kappa shape index (κ2) is 19.8. The number of aromatic nitrogens is 8. The lowest BCUT2D eigenvalue weighted by Crippen LogP contribution is -2.42. The van der Waals surface area contributed by atoms with Gasteiger partial charge in [0.1, 0.15) is 11.3 Å². The fourth-order valence-electron chi connectivity index (χ4n) is 9.26. The van der Waals surface area contributed by atoms with Crippen molar-refractivity contribution in [3.05, 3.63) is 146 Å². The average molecular weight is 1030 g/mol. The molecular formula is C49H43F6N11O8. The van der Waals surface area contributed by atoms with Crippen LogP contribution in [0.2, 0.25) is 0 Å². The molecule has 2 N–H and O–H groups in total. The molecule has 2 unspecified atom stereocenters. The number of nitrogens with one attached hydrogen (secondary N) is 1. The fraction of sp³-hybridized carbons (Fsp3) is 0.306. The van der Waals surface area contributed by atoms with Gasteiger partial charge in [-0.3, -0.25) is 47.4 Å². The van der Waals surface area contributed by atoms with E-state index in [-0.39, 0.29) is 121 Å². The number of hydrogen-bond donors (Lipinski definition) is 2. The number of H-pyrrole nitrogens is 1. The molecule has 7 aromatic rings. The number of imide groups is 1. The quantitative estimate of drug-likeness (QED) is 0.0980. The summed E-state index contributed by atoms with van der Waals surface area (Å²) in [5.74, 6) is -2.75. The molecule has 74 heavy (non-hydrogen) atoms. The molecule has 0 spiro atoms. The maximum Gasteiger partial charge on any atom is 0.416 e. The summed E-state index contributed by atoms with van der Waals surface area (Å²) in [6.07, 6.45) is -2.49. The molecule has 0 saturated carbocycles. The Hall–Kier alpha value is -8.64. The van der Waals surface area contributed by atoms with E-state index in [1.807, 2.05) is 6.92 Å². The van der Waals surface area contributed by atoms with Crippen molar-refractivity contribution in [1.29, 1.82) is 0 Å². The van der Waals surface area contributed by atoms with Crippen LogP contribution in [-0.2, 0) is 48.1 Å². The maximum atomic E-state index is 13.5. The molecule has 4 aromatic heterocycles. The van der Waals surface area contributed by atoms with Gasteiger partial charge in [0.2, 0.25) is 11.8 Å². The predicted octanol–water partition coefficient (Wildman–Crippen LogP) is 6.18. The smallest absolute Gasteiger partial charge is 0.416 e. The average Bonchev–Trinajstić information content (AvgIpc) is 4.24. The number of amides is 4. The first-order chi connectivity index (χ1) is 35.2. The monoisotopic (exact) mass is 1030 g/mol. The molecule has 4 amide bonds. The molecular weight excluding hydrogens is 985 g/mol. The summed E-state index contributed by atoms with van der Waals surface area (Å²) in [4.78, 5) is 99.9. The number of aromatic carboxylic acids is 1. The highest BCUT2D eigenvalue weighted by Crippen LogP contribution is 2.36. The Morgan fingerprint density at radius 1 is 0.689 bits per heavy atom. The predicted molar refractivity (Wildman–Crippen MR) is 251 cm³/mol. The lowest BCUT2D eigenvalue weighted by Gasteiger charge is -2.18. The minimum Gasteiger partial charge on any atom is -0.478 e. The largest absolute Gasteiger partial charge is 0.478 e. The zero-order chi connectivity index (χ0) is 52.8. The highest BCUT2D eigenvalue weighted by molar-refractivity contribution is 6.21. The molecule has 19 nitrogen and oxygen atoms in total. The number of nitrogens with zero attached hydrogens (tertiary/aromatic N) is 10. The number of benzene rings is 3. The van der Waals surface area contributed by atoms with Crippen molar-refractivity contribution in [2.24, 2.45) is 11.8 Å². The summed E-state index contributed by atoms with van der Waals surface area (Å²) in [5, 5.41) is 17.2. The molecule has 0 aliphatic carbocycles. The molecule has 0 bridgehead atoms. The van der Waals surface area contributed by atoms with Crippen LogP contribution >= 0.6 is 0 Å². The standard InChI is InChI=1S/C33H29F3N8O5.C16H14F3N3O3/c1-2-10-43-31(48)26-28(41(32(43)49)11-12-42-29(46)23-8-3-4-9-24(23)30(42)47)39-27(38-26)20-15-37-40(18-20)16-19-13-25(45)44(17-19)22-7-5-6-21(14-22)33(34,35)36;17-16(18,19)12-2-1-3-13(5-12)22-8-10(4-14(22)23)7-21-9-11(6-20-21)15(24)25/h3-9,14-15,18-19H,2,10-13,16-17H2,1H3,(H,38,39);1-3,5-6,9-10H,4,7-8H2,(H,24,25). The summed E-state index contributed by atoms with van der Waals surface area (Å²) in [7, 11) is 0. The lowest BCUT2D eigenvalue weighted by molar-refractivity contribution is -0.138. The van der Waals surface area contributed by atoms with Gasteiger partial charge in [-0.2, -0.15) is 36.5 Å². The normalized spacial score (nSPS) is 16.9. The molecule has 3 aliphatic heterocycles. The van der Waals surface area contributed by atoms with Gasteiger partial charge in [-0.25, -0.2) is 14.6 Å². The molecule has 3 aromatic carbocycles. The van der Waals surface area contributed by atoms with Crippen molar-refractivity contribution >= 4 is 52.1 Å². The van der Waals surface area contributed by atoms with Crippen molar-refractivity contribution < 1.29 is 55.4 Å². The van der Waals surface area contributed by atoms with Crippen molar-refractivity contribution in [3.8, 4) is 11.4 Å². The van der Waals surface area contributed by atoms with Crippen molar-refractivity contribution in [2.75, 3.05) is 29.4 Å². The molecule has 2 fully saturated rings. The van der Waals surface area contributed by atoms with Gasteiger partial charge in [0.05, 0.1) is 45.8 Å². The molecule has 25 heteroatoms. The van der Waals surface area contributed by atoms with Gasteiger partial charge in [-0.15, -0.1) is 0 Å². The van der Waals surface area contributed by atoms with Crippen LogP contribution in [-0.4, -0.2) is 97.9 Å². The van der Waals surface area contributed by atoms with E-state index in [9.17, 15) is 59.9 Å². The van der Waals surface area contributed by atoms with Gasteiger partial charge in [0, 0.05) is 94.3 Å². The third kappa shape index (κ3) is 10.1. The van der Waals surface area contributed by atoms with Crippen molar-refractivity contribution in [3.63, 3.8) is 0 Å². The molecule has 2 saturated heterocycles. The second-order valence-corrected chi connectivity index (χ2v) is 17.9. The Morgan fingerprint density at radius 2 is 1.23 bits per heavy atom. The van der Waals surface area contributed by atoms with E-state index in [0.717, 1.165) is 33.7 Å². The van der Waals surface area contributed by atoms with Crippen LogP contribution in [0.15, 0.2) is 107 Å². The molecule has 2 atom stereocenters. The van der Waals surface area contributed by atoms with Crippen LogP contribution in [0, 0.1) is 11.8 Å². The van der Waals surface area contributed by atoms with Crippen LogP contribution in [0.5, 0.6) is 0 Å². The first kappa shape index (κ1) is 50.3. The Labute approximate surface area is 413 Å². The van der Waals surface area contributed by atoms with Gasteiger partial charge in [0.15, 0.2) is 5.65 Å². The van der Waals surface area contributed by atoms with Crippen LogP contribution in [0.3, 0.4) is 0 Å². The van der Waals surface area contributed by atoms with E-state index < -0.39 is 52.5 Å². The number of carboxylic acid groups (broad SMARTS) is 1. The number of carboxylic acids is 1. The summed E-state index contributed by atoms with van der Waals surface area (Å²) in [5.41, 5.74) is -1.24. The van der Waals surface area contributed by atoms with Gasteiger partial charge in [-0.1, -0.05) is 31.2 Å². The number of anilines is 2. The van der Waals surface area contributed by atoms with Gasteiger partial charge in [-0.05, 0) is 55.0 Å². The van der Waals surface area contributed by atoms with Gasteiger partial charge in [0.25, 0.3) is 17.4 Å². The molecule has 10 rings (SSSR count). The number of rotatable bonds is 13. The maximum absolute atomic E-state index is 13.5. The Morgan fingerprint density at radius 3 is 1.74 bits per heavy atom. The number of carbonyl (C=O) groups excluding carboxylic acids is 4. The van der Waals surface area contributed by atoms with Gasteiger partial charge < -0.3 is 19.9 Å². The van der Waals surface area contributed by atoms with E-state index >= 15 is 0 Å². The molecule has 384 valence electrons. The Bertz CT molecular complexity index is 3450. The number of halogens is 6. The minimum atomic E-state index is -4.53. The summed E-state index contributed by atoms with van der Waals surface area (Å²) in [6.45, 7) is 2.80. The molecule has 0 radical (unpaired) electrons. The number of alkyl halides is 6. The van der Waals surface area contributed by atoms with Crippen molar-refractivity contribution in [2.45, 2.75) is 64.7 Å². The highest BCUT2D eigenvalue weighted by atomic mass is 19.4. The number of aromatic amines is 1. The second-order valence-electron chi connectivity index (χ2n) is 17.9. The van der Waals surface area contributed by atoms with Crippen molar-refractivity contribution in [1.82, 2.24) is 43.6 Å². The van der Waals surface area contributed by atoms with E-state index in [1.54, 1.807) is 35.1 Å².